The van der Waals surface area contributed by atoms with Gasteiger partial charge in [-0.3, -0.25) is 4.98 Å². The fourth-order valence-corrected chi connectivity index (χ4v) is 3.29. The van der Waals surface area contributed by atoms with E-state index in [1.807, 2.05) is 0 Å². The van der Waals surface area contributed by atoms with E-state index in [-0.39, 0.29) is 5.92 Å². The number of ether oxygens (including phenoxy) is 1. The molecule has 8 heteroatoms. The number of halogens is 3. The Morgan fingerprint density at radius 3 is 2.57 bits per heavy atom. The molecule has 1 amide bonds. The Morgan fingerprint density at radius 2 is 2.04 bits per heavy atom. The number of hydrogen-bond donors (Lipinski definition) is 0. The molecule has 1 unspecified atom stereocenters. The van der Waals surface area contributed by atoms with Gasteiger partial charge in [0.05, 0.1) is 17.8 Å². The minimum atomic E-state index is -4.39. The summed E-state index contributed by atoms with van der Waals surface area (Å²) >= 11 is 0. The number of alkyl halides is 3. The van der Waals surface area contributed by atoms with Crippen LogP contribution in [0.1, 0.15) is 36.4 Å². The Bertz CT molecular complexity index is 581. The first-order valence-corrected chi connectivity index (χ1v) is 7.42. The van der Waals surface area contributed by atoms with Crippen LogP contribution in [0, 0.1) is 0 Å². The molecule has 1 aromatic heterocycles. The van der Waals surface area contributed by atoms with E-state index in [2.05, 4.69) is 4.98 Å². The molecule has 3 rings (SSSR count). The van der Waals surface area contributed by atoms with Crippen molar-refractivity contribution >= 4 is 6.09 Å². The van der Waals surface area contributed by atoms with Gasteiger partial charge in [-0.2, -0.15) is 13.2 Å². The molecule has 126 valence electrons. The van der Waals surface area contributed by atoms with Gasteiger partial charge >= 0.3 is 6.18 Å². The van der Waals surface area contributed by atoms with E-state index in [0.717, 1.165) is 12.3 Å². The Balaban J connectivity index is 1.65. The number of likely N-dealkylation sites (tertiary alicyclic amines) is 1. The Labute approximate surface area is 131 Å². The summed E-state index contributed by atoms with van der Waals surface area (Å²) in [6, 6.07) is 2.43. The minimum Gasteiger partial charge on any atom is -0.530 e. The van der Waals surface area contributed by atoms with Crippen LogP contribution in [0.25, 0.3) is 0 Å². The number of rotatable bonds is 1. The average molecular weight is 329 g/mol. The zero-order chi connectivity index (χ0) is 16.7. The highest BCUT2D eigenvalue weighted by Crippen LogP contribution is 2.42. The predicted molar refractivity (Wildman–Crippen MR) is 71.5 cm³/mol. The van der Waals surface area contributed by atoms with Crippen molar-refractivity contribution in [2.45, 2.75) is 37.0 Å². The number of carbonyl (C=O) groups is 1. The number of carboxylic acid groups (broad SMARTS) is 1. The van der Waals surface area contributed by atoms with Gasteiger partial charge in [0, 0.05) is 30.9 Å². The van der Waals surface area contributed by atoms with Crippen LogP contribution in [0.2, 0.25) is 0 Å². The van der Waals surface area contributed by atoms with Gasteiger partial charge in [-0.15, -0.1) is 0 Å². The smallest absolute Gasteiger partial charge is 0.417 e. The van der Waals surface area contributed by atoms with Crippen molar-refractivity contribution in [2.75, 3.05) is 19.7 Å². The lowest BCUT2D eigenvalue weighted by Crippen LogP contribution is -2.50. The number of carbonyl (C=O) groups excluding carboxylic acids is 1. The molecule has 0 aromatic carbocycles. The molecule has 0 radical (unpaired) electrons. The number of hydrogen-bond acceptors (Lipinski definition) is 4. The Kier molecular flexibility index (Phi) is 3.95. The first-order valence-electron chi connectivity index (χ1n) is 7.42. The Morgan fingerprint density at radius 1 is 1.35 bits per heavy atom. The molecule has 5 nitrogen and oxygen atoms in total. The van der Waals surface area contributed by atoms with E-state index < -0.39 is 23.4 Å². The second kappa shape index (κ2) is 5.67. The number of piperidine rings is 1. The average Bonchev–Trinajstić information content (AvgIpc) is 2.91. The van der Waals surface area contributed by atoms with Crippen LogP contribution in [0.3, 0.4) is 0 Å². The van der Waals surface area contributed by atoms with Crippen molar-refractivity contribution in [1.82, 2.24) is 9.88 Å². The SMILES string of the molecule is O=C([O-])N1CCC2(CC1)CC(c1ccc(C(F)(F)F)cn1)CO2. The molecule has 0 aliphatic carbocycles. The normalized spacial score (nSPS) is 24.1. The second-order valence-corrected chi connectivity index (χ2v) is 6.12. The summed E-state index contributed by atoms with van der Waals surface area (Å²) in [5.74, 6) is -0.0632. The lowest BCUT2D eigenvalue weighted by molar-refractivity contribution is -0.268. The number of amides is 1. The van der Waals surface area contributed by atoms with Crippen molar-refractivity contribution in [1.29, 1.82) is 0 Å². The van der Waals surface area contributed by atoms with Gasteiger partial charge in [0.15, 0.2) is 0 Å². The van der Waals surface area contributed by atoms with Gasteiger partial charge in [-0.05, 0) is 31.4 Å². The topological polar surface area (TPSA) is 65.5 Å². The van der Waals surface area contributed by atoms with Crippen LogP contribution >= 0.6 is 0 Å². The highest BCUT2D eigenvalue weighted by atomic mass is 19.4. The highest BCUT2D eigenvalue weighted by Gasteiger charge is 2.43. The fraction of sp³-hybridized carbons (Fsp3) is 0.600. The third-order valence-electron chi connectivity index (χ3n) is 4.67. The number of nitrogens with zero attached hydrogens (tertiary/aromatic N) is 2. The van der Waals surface area contributed by atoms with Gasteiger partial charge in [0.25, 0.3) is 0 Å². The third kappa shape index (κ3) is 3.26. The Hall–Kier alpha value is -1.83. The maximum Gasteiger partial charge on any atom is 0.417 e. The van der Waals surface area contributed by atoms with Gasteiger partial charge in [-0.25, -0.2) is 0 Å². The van der Waals surface area contributed by atoms with Crippen LogP contribution in [0.4, 0.5) is 18.0 Å². The fourth-order valence-electron chi connectivity index (χ4n) is 3.29. The lowest BCUT2D eigenvalue weighted by atomic mass is 9.84. The zero-order valence-corrected chi connectivity index (χ0v) is 12.3. The van der Waals surface area contributed by atoms with E-state index in [9.17, 15) is 23.1 Å². The summed E-state index contributed by atoms with van der Waals surface area (Å²) < 4.78 is 43.6. The van der Waals surface area contributed by atoms with Gasteiger partial charge < -0.3 is 19.5 Å². The molecule has 1 atom stereocenters. The minimum absolute atomic E-state index is 0.0632. The summed E-state index contributed by atoms with van der Waals surface area (Å²) in [4.78, 5) is 16.0. The first kappa shape index (κ1) is 16.0. The van der Waals surface area contributed by atoms with Crippen molar-refractivity contribution in [2.24, 2.45) is 0 Å². The van der Waals surface area contributed by atoms with Crippen molar-refractivity contribution in [3.05, 3.63) is 29.6 Å². The number of pyridine rings is 1. The molecule has 0 bridgehead atoms. The maximum absolute atomic E-state index is 12.6. The van der Waals surface area contributed by atoms with Gasteiger partial charge in [-0.1, -0.05) is 0 Å². The summed E-state index contributed by atoms with van der Waals surface area (Å²) in [6.45, 7) is 1.11. The molecular formula is C15H16F3N2O3-. The van der Waals surface area contributed by atoms with E-state index in [1.54, 1.807) is 0 Å². The second-order valence-electron chi connectivity index (χ2n) is 6.12. The van der Waals surface area contributed by atoms with Crippen molar-refractivity contribution < 1.29 is 27.8 Å². The van der Waals surface area contributed by atoms with Gasteiger partial charge in [0.2, 0.25) is 0 Å². The highest BCUT2D eigenvalue weighted by molar-refractivity contribution is 5.62. The molecule has 1 spiro atoms. The molecule has 0 N–H and O–H groups in total. The summed E-state index contributed by atoms with van der Waals surface area (Å²) in [6.07, 6.45) is -2.95. The zero-order valence-electron chi connectivity index (χ0n) is 12.3. The molecular weight excluding hydrogens is 313 g/mol. The van der Waals surface area contributed by atoms with E-state index >= 15 is 0 Å². The summed E-state index contributed by atoms with van der Waals surface area (Å²) in [5, 5.41) is 10.8. The van der Waals surface area contributed by atoms with E-state index in [4.69, 9.17) is 4.74 Å². The molecule has 2 aliphatic heterocycles. The largest absolute Gasteiger partial charge is 0.530 e. The summed E-state index contributed by atoms with van der Waals surface area (Å²) in [5.41, 5.74) is -0.588. The molecule has 23 heavy (non-hydrogen) atoms. The first-order chi connectivity index (χ1) is 10.8. The lowest BCUT2D eigenvalue weighted by Gasteiger charge is -2.39. The molecule has 2 aliphatic rings. The quantitative estimate of drug-likeness (QED) is 0.788. The van der Waals surface area contributed by atoms with E-state index in [1.165, 1.54) is 11.0 Å². The standard InChI is InChI=1S/C15H17F3N2O3/c16-15(17,18)11-1-2-12(19-8-11)10-7-14(23-9-10)3-5-20(6-4-14)13(21)22/h1-2,8,10H,3-7,9H2,(H,21,22)/p-1. The molecule has 0 saturated carbocycles. The predicted octanol–water partition coefficient (Wildman–Crippen LogP) is 1.78. The van der Waals surface area contributed by atoms with Crippen LogP contribution in [0.5, 0.6) is 0 Å². The van der Waals surface area contributed by atoms with Crippen LogP contribution in [-0.2, 0) is 10.9 Å². The molecule has 2 fully saturated rings. The third-order valence-corrected chi connectivity index (χ3v) is 4.67. The van der Waals surface area contributed by atoms with Crippen LogP contribution in [-0.4, -0.2) is 41.3 Å². The van der Waals surface area contributed by atoms with Crippen LogP contribution in [0.15, 0.2) is 18.3 Å². The van der Waals surface area contributed by atoms with Crippen LogP contribution < -0.4 is 5.11 Å². The van der Waals surface area contributed by atoms with Crippen molar-refractivity contribution in [3.8, 4) is 0 Å². The summed E-state index contributed by atoms with van der Waals surface area (Å²) in [7, 11) is 0. The van der Waals surface area contributed by atoms with E-state index in [0.29, 0.717) is 44.7 Å². The molecule has 2 saturated heterocycles. The van der Waals surface area contributed by atoms with Gasteiger partial charge in [0.1, 0.15) is 6.09 Å². The molecule has 3 heterocycles. The maximum atomic E-state index is 12.6. The number of aromatic nitrogens is 1. The monoisotopic (exact) mass is 329 g/mol. The molecule has 1 aromatic rings. The van der Waals surface area contributed by atoms with Crippen molar-refractivity contribution in [3.63, 3.8) is 0 Å².